The molecule has 0 radical (unpaired) electrons. The van der Waals surface area contributed by atoms with Crippen LogP contribution < -0.4 is 10.6 Å². The van der Waals surface area contributed by atoms with E-state index in [1.54, 1.807) is 18.9 Å². The zero-order valence-electron chi connectivity index (χ0n) is 18.7. The van der Waals surface area contributed by atoms with E-state index in [1.165, 1.54) is 7.11 Å². The molecule has 31 heavy (non-hydrogen) atoms. The molecular weight excluding hydrogens is 396 g/mol. The van der Waals surface area contributed by atoms with E-state index in [2.05, 4.69) is 15.6 Å². The summed E-state index contributed by atoms with van der Waals surface area (Å²) in [6.07, 6.45) is 2.47. The number of fused-ring (bicyclic) bond motifs is 1. The maximum Gasteiger partial charge on any atom is 0.248 e. The van der Waals surface area contributed by atoms with Gasteiger partial charge in [0.05, 0.1) is 24.3 Å². The number of hydrogen-bond donors (Lipinski definition) is 4. The maximum absolute atomic E-state index is 13.5. The Balaban J connectivity index is 1.81. The lowest BCUT2D eigenvalue weighted by atomic mass is 10.0. The monoisotopic (exact) mass is 430 g/mol. The number of carbonyl (C=O) groups excluding carboxylic acids is 2. The number of aliphatic hydroxyl groups excluding tert-OH is 1. The van der Waals surface area contributed by atoms with Gasteiger partial charge in [0, 0.05) is 30.8 Å². The molecule has 5 atom stereocenters. The van der Waals surface area contributed by atoms with Crippen LogP contribution in [0.2, 0.25) is 0 Å². The highest BCUT2D eigenvalue weighted by atomic mass is 16.5. The van der Waals surface area contributed by atoms with Gasteiger partial charge >= 0.3 is 0 Å². The van der Waals surface area contributed by atoms with Crippen LogP contribution in [-0.2, 0) is 20.7 Å². The fourth-order valence-corrected chi connectivity index (χ4v) is 4.35. The minimum Gasteiger partial charge on any atom is -0.391 e. The topological polar surface area (TPSA) is 107 Å². The normalized spacial score (nSPS) is 21.8. The van der Waals surface area contributed by atoms with Crippen LogP contribution in [0.5, 0.6) is 0 Å². The third-order valence-corrected chi connectivity index (χ3v) is 6.38. The molecule has 170 valence electrons. The van der Waals surface area contributed by atoms with Crippen LogP contribution in [0.4, 0.5) is 0 Å². The van der Waals surface area contributed by atoms with Gasteiger partial charge in [0.2, 0.25) is 11.8 Å². The van der Waals surface area contributed by atoms with E-state index >= 15 is 0 Å². The van der Waals surface area contributed by atoms with E-state index in [0.29, 0.717) is 25.8 Å². The molecule has 0 bridgehead atoms. The van der Waals surface area contributed by atoms with Crippen molar-refractivity contribution in [1.29, 1.82) is 0 Å². The van der Waals surface area contributed by atoms with Crippen LogP contribution in [0.25, 0.3) is 10.9 Å². The molecule has 3 rings (SSSR count). The lowest BCUT2D eigenvalue weighted by Crippen LogP contribution is -2.58. The molecular formula is C23H34N4O4. The number of nitrogens with one attached hydrogen (secondary N) is 3. The number of aliphatic hydroxyl groups is 1. The first kappa shape index (κ1) is 23.2. The average molecular weight is 431 g/mol. The number of amides is 2. The highest BCUT2D eigenvalue weighted by Crippen LogP contribution is 2.27. The number of para-hydroxylation sites is 1. The number of aromatic amines is 1. The number of rotatable bonds is 9. The van der Waals surface area contributed by atoms with E-state index < -0.39 is 18.2 Å². The van der Waals surface area contributed by atoms with E-state index in [4.69, 9.17) is 4.74 Å². The van der Waals surface area contributed by atoms with Crippen LogP contribution in [0.1, 0.15) is 32.3 Å². The molecule has 1 saturated heterocycles. The van der Waals surface area contributed by atoms with Crippen LogP contribution in [0, 0.1) is 0 Å². The number of likely N-dealkylation sites (N-methyl/N-ethyl adjacent to an activating group) is 1. The molecule has 1 fully saturated rings. The number of likely N-dealkylation sites (tertiary alicyclic amines) is 1. The number of ether oxygens (including phenoxy) is 1. The number of benzene rings is 1. The Kier molecular flexibility index (Phi) is 7.69. The molecule has 1 aromatic carbocycles. The van der Waals surface area contributed by atoms with Gasteiger partial charge in [-0.1, -0.05) is 25.1 Å². The van der Waals surface area contributed by atoms with Crippen LogP contribution in [0.15, 0.2) is 30.5 Å². The summed E-state index contributed by atoms with van der Waals surface area (Å²) >= 11 is 0. The molecule has 8 heteroatoms. The first-order chi connectivity index (χ1) is 14.9. The van der Waals surface area contributed by atoms with E-state index in [0.717, 1.165) is 16.5 Å². The molecule has 0 aliphatic carbocycles. The van der Waals surface area contributed by atoms with Crippen molar-refractivity contribution in [3.05, 3.63) is 36.0 Å². The quantitative estimate of drug-likeness (QED) is 0.478. The fourth-order valence-electron chi connectivity index (χ4n) is 4.35. The van der Waals surface area contributed by atoms with Gasteiger partial charge in [0.1, 0.15) is 6.04 Å². The first-order valence-electron chi connectivity index (χ1n) is 10.9. The summed E-state index contributed by atoms with van der Waals surface area (Å²) in [6, 6.07) is 6.42. The Hall–Kier alpha value is -2.42. The third kappa shape index (κ3) is 4.92. The van der Waals surface area contributed by atoms with Gasteiger partial charge in [-0.3, -0.25) is 9.59 Å². The number of hydrogen-bond acceptors (Lipinski definition) is 5. The third-order valence-electron chi connectivity index (χ3n) is 6.38. The van der Waals surface area contributed by atoms with E-state index in [1.807, 2.05) is 37.4 Å². The fraction of sp³-hybridized carbons (Fsp3) is 0.565. The molecule has 1 aliphatic rings. The predicted octanol–water partition coefficient (Wildman–Crippen LogP) is 1.19. The second-order valence-electron chi connectivity index (χ2n) is 8.20. The smallest absolute Gasteiger partial charge is 0.248 e. The number of aromatic nitrogens is 1. The van der Waals surface area contributed by atoms with Crippen LogP contribution >= 0.6 is 0 Å². The summed E-state index contributed by atoms with van der Waals surface area (Å²) in [5.41, 5.74) is 2.08. The second kappa shape index (κ2) is 10.3. The summed E-state index contributed by atoms with van der Waals surface area (Å²) in [5.74, 6) is -0.463. The van der Waals surface area contributed by atoms with Crippen LogP contribution in [-0.4, -0.2) is 77.8 Å². The van der Waals surface area contributed by atoms with Crippen molar-refractivity contribution in [3.63, 3.8) is 0 Å². The molecule has 2 aromatic rings. The molecule has 2 amide bonds. The van der Waals surface area contributed by atoms with Gasteiger partial charge in [0.15, 0.2) is 0 Å². The van der Waals surface area contributed by atoms with Gasteiger partial charge < -0.3 is 30.4 Å². The average Bonchev–Trinajstić information content (AvgIpc) is 3.36. The van der Waals surface area contributed by atoms with Gasteiger partial charge in [-0.2, -0.15) is 0 Å². The molecule has 0 saturated carbocycles. The summed E-state index contributed by atoms with van der Waals surface area (Å²) < 4.78 is 5.42. The summed E-state index contributed by atoms with van der Waals surface area (Å²) in [7, 11) is 3.24. The molecule has 2 heterocycles. The highest BCUT2D eigenvalue weighted by molar-refractivity contribution is 5.90. The summed E-state index contributed by atoms with van der Waals surface area (Å²) in [6.45, 7) is 4.12. The van der Waals surface area contributed by atoms with Crippen molar-refractivity contribution >= 4 is 22.7 Å². The van der Waals surface area contributed by atoms with E-state index in [9.17, 15) is 14.7 Å². The highest BCUT2D eigenvalue weighted by Gasteiger charge is 2.41. The molecule has 4 N–H and O–H groups in total. The van der Waals surface area contributed by atoms with Gasteiger partial charge in [0.25, 0.3) is 0 Å². The molecule has 0 spiro atoms. The molecule has 8 nitrogen and oxygen atoms in total. The first-order valence-corrected chi connectivity index (χ1v) is 10.9. The predicted molar refractivity (Wildman–Crippen MR) is 120 cm³/mol. The molecule has 1 aliphatic heterocycles. The molecule has 2 unspecified atom stereocenters. The standard InChI is InChI=1S/C23H34N4O4/c1-5-17(24-3)22(29)26-21(14(2)31-4)23(30)27-11-10-20(28)19(27)12-15-13-25-18-9-7-6-8-16(15)18/h6-9,13-14,17,19-21,24-25,28H,5,10-12H2,1-4H3,(H,26,29)/t14?,17-,19-,20?,21-/m0/s1. The summed E-state index contributed by atoms with van der Waals surface area (Å²) in [5, 5.41) is 17.6. The Morgan fingerprint density at radius 3 is 2.77 bits per heavy atom. The Morgan fingerprint density at radius 2 is 2.10 bits per heavy atom. The van der Waals surface area contributed by atoms with Gasteiger partial charge in [-0.05, 0) is 44.9 Å². The van der Waals surface area contributed by atoms with Crippen molar-refractivity contribution < 1.29 is 19.4 Å². The van der Waals surface area contributed by atoms with E-state index in [-0.39, 0.29) is 23.9 Å². The minimum absolute atomic E-state index is 0.227. The van der Waals surface area contributed by atoms with Gasteiger partial charge in [-0.15, -0.1) is 0 Å². The zero-order chi connectivity index (χ0) is 22.5. The Labute approximate surface area is 183 Å². The lowest BCUT2D eigenvalue weighted by Gasteiger charge is -2.33. The maximum atomic E-state index is 13.5. The lowest BCUT2D eigenvalue weighted by molar-refractivity contribution is -0.141. The largest absolute Gasteiger partial charge is 0.391 e. The van der Waals surface area contributed by atoms with Gasteiger partial charge in [-0.25, -0.2) is 0 Å². The zero-order valence-corrected chi connectivity index (χ0v) is 18.7. The minimum atomic E-state index is -0.823. The van der Waals surface area contributed by atoms with Crippen molar-refractivity contribution in [3.8, 4) is 0 Å². The number of carbonyl (C=O) groups is 2. The number of methoxy groups -OCH3 is 1. The van der Waals surface area contributed by atoms with Crippen molar-refractivity contribution in [2.45, 2.75) is 63.4 Å². The number of H-pyrrole nitrogens is 1. The van der Waals surface area contributed by atoms with Crippen LogP contribution in [0.3, 0.4) is 0 Å². The number of nitrogens with zero attached hydrogens (tertiary/aromatic N) is 1. The van der Waals surface area contributed by atoms with Crippen molar-refractivity contribution in [2.24, 2.45) is 0 Å². The Bertz CT molecular complexity index is 895. The Morgan fingerprint density at radius 1 is 1.35 bits per heavy atom. The SMILES string of the molecule is CC[C@H](NC)C(=O)N[C@H](C(=O)N1CCC(O)[C@@H]1Cc1c[nH]c2ccccc12)C(C)OC. The van der Waals surface area contributed by atoms with Crippen molar-refractivity contribution in [2.75, 3.05) is 20.7 Å². The second-order valence-corrected chi connectivity index (χ2v) is 8.20. The van der Waals surface area contributed by atoms with Crippen molar-refractivity contribution in [1.82, 2.24) is 20.5 Å². The molecule has 1 aromatic heterocycles. The summed E-state index contributed by atoms with van der Waals surface area (Å²) in [4.78, 5) is 31.1.